The summed E-state index contributed by atoms with van der Waals surface area (Å²) in [5.74, 6) is 0.0612. The molecule has 7 nitrogen and oxygen atoms in total. The normalized spacial score (nSPS) is 11.4. The number of carbonyl (C=O) groups excluding carboxylic acids is 2. The first-order chi connectivity index (χ1) is 13.0. The molecule has 0 saturated carbocycles. The summed E-state index contributed by atoms with van der Waals surface area (Å²) in [4.78, 5) is 30.5. The van der Waals surface area contributed by atoms with E-state index >= 15 is 0 Å². The number of rotatable bonds is 6. The summed E-state index contributed by atoms with van der Waals surface area (Å²) < 4.78 is 4.98. The van der Waals surface area contributed by atoms with Crippen LogP contribution in [0.1, 0.15) is 19.4 Å². The molecular weight excluding hydrogens is 364 g/mol. The summed E-state index contributed by atoms with van der Waals surface area (Å²) in [7, 11) is 0. The van der Waals surface area contributed by atoms with Gasteiger partial charge in [-0.2, -0.15) is 5.10 Å². The number of benzene rings is 2. The predicted octanol–water partition coefficient (Wildman–Crippen LogP) is 3.12. The van der Waals surface area contributed by atoms with Crippen molar-refractivity contribution < 1.29 is 14.3 Å². The topological polar surface area (TPSA) is 96.4 Å². The Bertz CT molecular complexity index is 963. The fourth-order valence-electron chi connectivity index (χ4n) is 2.30. The summed E-state index contributed by atoms with van der Waals surface area (Å²) in [6.45, 7) is 3.13. The molecule has 0 spiro atoms. The van der Waals surface area contributed by atoms with Gasteiger partial charge >= 0.3 is 5.97 Å². The Morgan fingerprint density at radius 2 is 1.89 bits per heavy atom. The third-order valence-corrected chi connectivity index (χ3v) is 4.46. The number of hydrogen-bond acceptors (Lipinski definition) is 6. The number of para-hydroxylation sites is 2. The Kier molecular flexibility index (Phi) is 5.87. The van der Waals surface area contributed by atoms with E-state index in [0.717, 1.165) is 16.6 Å². The number of H-pyrrole nitrogens is 1. The zero-order chi connectivity index (χ0) is 19.2. The summed E-state index contributed by atoms with van der Waals surface area (Å²) in [5, 5.41) is 4.79. The Morgan fingerprint density at radius 3 is 2.59 bits per heavy atom. The lowest BCUT2D eigenvalue weighted by Crippen LogP contribution is -2.21. The van der Waals surface area contributed by atoms with E-state index in [0.29, 0.717) is 16.6 Å². The summed E-state index contributed by atoms with van der Waals surface area (Å²) >= 11 is 1.31. The van der Waals surface area contributed by atoms with Gasteiger partial charge in [-0.3, -0.25) is 9.59 Å². The van der Waals surface area contributed by atoms with E-state index in [1.54, 1.807) is 31.2 Å². The fourth-order valence-corrected chi connectivity index (χ4v) is 2.98. The number of carbonyl (C=O) groups is 2. The predicted molar refractivity (Wildman–Crippen MR) is 105 cm³/mol. The van der Waals surface area contributed by atoms with Gasteiger partial charge in [-0.25, -0.2) is 10.4 Å². The maximum absolute atomic E-state index is 12.0. The second-order valence-electron chi connectivity index (χ2n) is 5.70. The van der Waals surface area contributed by atoms with Gasteiger partial charge in [-0.1, -0.05) is 23.9 Å². The highest BCUT2D eigenvalue weighted by Crippen LogP contribution is 2.18. The summed E-state index contributed by atoms with van der Waals surface area (Å²) in [5.41, 5.74) is 5.80. The highest BCUT2D eigenvalue weighted by atomic mass is 32.2. The number of amides is 1. The zero-order valence-corrected chi connectivity index (χ0v) is 15.7. The van der Waals surface area contributed by atoms with Crippen molar-refractivity contribution >= 4 is 40.4 Å². The molecule has 0 bridgehead atoms. The molecule has 1 heterocycles. The number of hydrazone groups is 1. The number of imidazole rings is 1. The molecule has 2 aromatic carbocycles. The lowest BCUT2D eigenvalue weighted by molar-refractivity contribution is -0.131. The Morgan fingerprint density at radius 1 is 1.15 bits per heavy atom. The van der Waals surface area contributed by atoms with Gasteiger partial charge in [0.25, 0.3) is 5.91 Å². The molecule has 1 amide bonds. The largest absolute Gasteiger partial charge is 0.427 e. The van der Waals surface area contributed by atoms with Crippen LogP contribution in [-0.2, 0) is 9.59 Å². The number of hydrogen-bond donors (Lipinski definition) is 2. The first kappa shape index (κ1) is 18.7. The number of aromatic amines is 1. The second kappa shape index (κ2) is 8.50. The van der Waals surface area contributed by atoms with Gasteiger partial charge in [0.15, 0.2) is 5.16 Å². The number of aromatic nitrogens is 2. The maximum Gasteiger partial charge on any atom is 0.308 e. The van der Waals surface area contributed by atoms with Gasteiger partial charge in [0.05, 0.1) is 22.5 Å². The average Bonchev–Trinajstić information content (AvgIpc) is 3.07. The molecule has 0 unspecified atom stereocenters. The molecule has 0 aliphatic carbocycles. The molecule has 27 heavy (non-hydrogen) atoms. The van der Waals surface area contributed by atoms with Crippen molar-refractivity contribution in [2.75, 3.05) is 5.75 Å². The first-order valence-corrected chi connectivity index (χ1v) is 9.19. The van der Waals surface area contributed by atoms with E-state index in [4.69, 9.17) is 4.74 Å². The number of fused-ring (bicyclic) bond motifs is 1. The van der Waals surface area contributed by atoms with Crippen LogP contribution in [-0.4, -0.2) is 33.3 Å². The maximum atomic E-state index is 12.0. The molecule has 0 radical (unpaired) electrons. The zero-order valence-electron chi connectivity index (χ0n) is 14.9. The van der Waals surface area contributed by atoms with Crippen LogP contribution in [0.15, 0.2) is 58.8 Å². The molecule has 138 valence electrons. The van der Waals surface area contributed by atoms with Crippen molar-refractivity contribution in [1.29, 1.82) is 0 Å². The number of ether oxygens (including phenoxy) is 1. The monoisotopic (exact) mass is 382 g/mol. The van der Waals surface area contributed by atoms with Gasteiger partial charge in [-0.05, 0) is 48.9 Å². The van der Waals surface area contributed by atoms with Crippen LogP contribution in [0.3, 0.4) is 0 Å². The van der Waals surface area contributed by atoms with Crippen molar-refractivity contribution in [2.45, 2.75) is 19.0 Å². The van der Waals surface area contributed by atoms with Crippen molar-refractivity contribution in [3.05, 3.63) is 54.1 Å². The van der Waals surface area contributed by atoms with Crippen molar-refractivity contribution in [3.8, 4) is 5.75 Å². The standard InChI is InChI=1S/C19H18N4O3S/c1-12(14-7-9-15(10-8-14)26-13(2)24)22-23-18(25)11-27-19-20-16-5-3-4-6-17(16)21-19/h3-10H,11H2,1-2H3,(H,20,21)(H,23,25)/b22-12-. The van der Waals surface area contributed by atoms with Crippen molar-refractivity contribution in [3.63, 3.8) is 0 Å². The van der Waals surface area contributed by atoms with Crippen LogP contribution in [0.4, 0.5) is 0 Å². The minimum Gasteiger partial charge on any atom is -0.427 e. The van der Waals surface area contributed by atoms with Gasteiger partial charge in [0, 0.05) is 6.92 Å². The molecule has 0 atom stereocenters. The smallest absolute Gasteiger partial charge is 0.308 e. The average molecular weight is 382 g/mol. The molecular formula is C19H18N4O3S. The quantitative estimate of drug-likeness (QED) is 0.224. The van der Waals surface area contributed by atoms with E-state index in [1.165, 1.54) is 18.7 Å². The lowest BCUT2D eigenvalue weighted by Gasteiger charge is -2.04. The molecule has 3 rings (SSSR count). The fraction of sp³-hybridized carbons (Fsp3) is 0.158. The number of thioether (sulfide) groups is 1. The van der Waals surface area contributed by atoms with Crippen molar-refractivity contribution in [1.82, 2.24) is 15.4 Å². The molecule has 0 aliphatic heterocycles. The molecule has 3 aromatic rings. The molecule has 8 heteroatoms. The highest BCUT2D eigenvalue weighted by Gasteiger charge is 2.07. The third kappa shape index (κ3) is 5.18. The van der Waals surface area contributed by atoms with E-state index in [2.05, 4.69) is 20.5 Å². The minimum absolute atomic E-state index is 0.196. The van der Waals surface area contributed by atoms with Gasteiger partial charge in [0.1, 0.15) is 5.75 Å². The van der Waals surface area contributed by atoms with E-state index < -0.39 is 0 Å². The van der Waals surface area contributed by atoms with Crippen LogP contribution in [0.2, 0.25) is 0 Å². The Hall–Kier alpha value is -3.13. The molecule has 0 saturated heterocycles. The van der Waals surface area contributed by atoms with Crippen LogP contribution < -0.4 is 10.2 Å². The second-order valence-corrected chi connectivity index (χ2v) is 6.66. The number of nitrogens with one attached hydrogen (secondary N) is 2. The summed E-state index contributed by atoms with van der Waals surface area (Å²) in [6.07, 6.45) is 0. The minimum atomic E-state index is -0.373. The molecule has 1 aromatic heterocycles. The van der Waals surface area contributed by atoms with Gasteiger partial charge in [0.2, 0.25) is 0 Å². The van der Waals surface area contributed by atoms with Crippen molar-refractivity contribution in [2.24, 2.45) is 5.10 Å². The number of nitrogens with zero attached hydrogens (tertiary/aromatic N) is 2. The van der Waals surface area contributed by atoms with Crippen LogP contribution >= 0.6 is 11.8 Å². The third-order valence-electron chi connectivity index (χ3n) is 3.59. The van der Waals surface area contributed by atoms with Crippen LogP contribution in [0.5, 0.6) is 5.75 Å². The van der Waals surface area contributed by atoms with Gasteiger partial charge in [-0.15, -0.1) is 0 Å². The number of esters is 1. The molecule has 0 aliphatic rings. The van der Waals surface area contributed by atoms with E-state index in [1.807, 2.05) is 24.3 Å². The molecule has 0 fully saturated rings. The lowest BCUT2D eigenvalue weighted by atomic mass is 10.1. The summed E-state index contributed by atoms with van der Waals surface area (Å²) in [6, 6.07) is 14.6. The van der Waals surface area contributed by atoms with Gasteiger partial charge < -0.3 is 9.72 Å². The van der Waals surface area contributed by atoms with Crippen LogP contribution in [0.25, 0.3) is 11.0 Å². The Labute approximate surface area is 160 Å². The Balaban J connectivity index is 1.53. The first-order valence-electron chi connectivity index (χ1n) is 8.21. The SMILES string of the molecule is CC(=O)Oc1ccc(/C(C)=N\NC(=O)CSc2nc3ccccc3[nH]2)cc1. The highest BCUT2D eigenvalue weighted by molar-refractivity contribution is 7.99. The van der Waals surface area contributed by atoms with Crippen LogP contribution in [0, 0.1) is 0 Å². The molecule has 2 N–H and O–H groups in total. The van der Waals surface area contributed by atoms with E-state index in [-0.39, 0.29) is 17.6 Å². The van der Waals surface area contributed by atoms with E-state index in [9.17, 15) is 9.59 Å².